The zero-order chi connectivity index (χ0) is 17.5. The summed E-state index contributed by atoms with van der Waals surface area (Å²) < 4.78 is 54.0. The van der Waals surface area contributed by atoms with Gasteiger partial charge in [-0.3, -0.25) is 14.5 Å². The Bertz CT molecular complexity index is 672. The second-order valence-electron chi connectivity index (χ2n) is 4.98. The number of fused-ring (bicyclic) bond motifs is 1. The van der Waals surface area contributed by atoms with Crippen LogP contribution in [0.25, 0.3) is 0 Å². The number of hydrogen-bond donors (Lipinski definition) is 1. The average Bonchev–Trinajstić information content (AvgIpc) is 2.75. The molecule has 0 saturated carbocycles. The van der Waals surface area contributed by atoms with E-state index in [0.717, 1.165) is 0 Å². The molecule has 0 bridgehead atoms. The molecule has 1 aliphatic rings. The van der Waals surface area contributed by atoms with E-state index in [0.29, 0.717) is 12.8 Å². The molecule has 0 aliphatic carbocycles. The van der Waals surface area contributed by atoms with Crippen molar-refractivity contribution < 1.29 is 37.1 Å². The lowest BCUT2D eigenvalue weighted by molar-refractivity contribution is -0.141. The lowest BCUT2D eigenvalue weighted by Crippen LogP contribution is -2.45. The molecule has 0 aromatic heterocycles. The van der Waals surface area contributed by atoms with Crippen molar-refractivity contribution in [1.82, 2.24) is 4.90 Å². The van der Waals surface area contributed by atoms with Crippen LogP contribution in [0.1, 0.15) is 46.9 Å². The number of aliphatic carboxylic acids is 1. The van der Waals surface area contributed by atoms with Crippen LogP contribution in [0.4, 0.5) is 17.6 Å². The van der Waals surface area contributed by atoms with Crippen LogP contribution in [0.3, 0.4) is 0 Å². The number of nitrogens with zero attached hydrogens (tertiary/aromatic N) is 1. The van der Waals surface area contributed by atoms with E-state index in [9.17, 15) is 31.9 Å². The minimum Gasteiger partial charge on any atom is -0.480 e. The fourth-order valence-corrected chi connectivity index (χ4v) is 2.41. The summed E-state index contributed by atoms with van der Waals surface area (Å²) in [7, 11) is 0. The van der Waals surface area contributed by atoms with Crippen LogP contribution < -0.4 is 0 Å². The summed E-state index contributed by atoms with van der Waals surface area (Å²) in [6, 6.07) is -1.67. The van der Waals surface area contributed by atoms with Gasteiger partial charge >= 0.3 is 5.97 Å². The SMILES string of the molecule is CCCC[C@@H](C(=O)O)N1C(=O)c2c(F)c(F)c(F)c(F)c2C1=O. The topological polar surface area (TPSA) is 74.7 Å². The Morgan fingerprint density at radius 1 is 1.00 bits per heavy atom. The molecule has 0 radical (unpaired) electrons. The highest BCUT2D eigenvalue weighted by molar-refractivity contribution is 6.22. The number of carboxylic acid groups (broad SMARTS) is 1. The molecule has 124 valence electrons. The maximum atomic E-state index is 13.7. The first kappa shape index (κ1) is 16.9. The molecule has 0 fully saturated rings. The molecule has 1 heterocycles. The van der Waals surface area contributed by atoms with Crippen LogP contribution in [-0.2, 0) is 4.79 Å². The first-order valence-electron chi connectivity index (χ1n) is 6.70. The first-order valence-corrected chi connectivity index (χ1v) is 6.70. The molecule has 23 heavy (non-hydrogen) atoms. The number of halogens is 4. The van der Waals surface area contributed by atoms with Gasteiger partial charge in [0.15, 0.2) is 23.3 Å². The molecular weight excluding hydrogens is 322 g/mol. The molecule has 2 amide bonds. The number of rotatable bonds is 5. The Kier molecular flexibility index (Phi) is 4.39. The molecule has 1 aliphatic heterocycles. The molecule has 1 atom stereocenters. The van der Waals surface area contributed by atoms with Gasteiger partial charge in [0.1, 0.15) is 6.04 Å². The quantitative estimate of drug-likeness (QED) is 0.389. The van der Waals surface area contributed by atoms with Gasteiger partial charge < -0.3 is 5.11 Å². The zero-order valence-electron chi connectivity index (χ0n) is 11.8. The van der Waals surface area contributed by atoms with Gasteiger partial charge in [-0.15, -0.1) is 0 Å². The van der Waals surface area contributed by atoms with Gasteiger partial charge in [-0.1, -0.05) is 19.8 Å². The van der Waals surface area contributed by atoms with Gasteiger partial charge in [0.25, 0.3) is 11.8 Å². The van der Waals surface area contributed by atoms with Gasteiger partial charge in [0.05, 0.1) is 11.1 Å². The van der Waals surface area contributed by atoms with Crippen molar-refractivity contribution in [3.05, 3.63) is 34.4 Å². The van der Waals surface area contributed by atoms with E-state index in [1.54, 1.807) is 6.92 Å². The van der Waals surface area contributed by atoms with Crippen LogP contribution in [-0.4, -0.2) is 33.8 Å². The second-order valence-corrected chi connectivity index (χ2v) is 4.98. The highest BCUT2D eigenvalue weighted by Crippen LogP contribution is 2.33. The van der Waals surface area contributed by atoms with Crippen molar-refractivity contribution in [3.63, 3.8) is 0 Å². The third-order valence-electron chi connectivity index (χ3n) is 3.56. The molecule has 9 heteroatoms. The van der Waals surface area contributed by atoms with Gasteiger partial charge in [-0.2, -0.15) is 0 Å². The van der Waals surface area contributed by atoms with Crippen LogP contribution in [0, 0.1) is 23.3 Å². The minimum absolute atomic E-state index is 0.133. The fraction of sp³-hybridized carbons (Fsp3) is 0.357. The van der Waals surface area contributed by atoms with E-state index in [4.69, 9.17) is 5.11 Å². The molecule has 1 N–H and O–H groups in total. The van der Waals surface area contributed by atoms with Crippen molar-refractivity contribution in [2.45, 2.75) is 32.2 Å². The van der Waals surface area contributed by atoms with Crippen LogP contribution in [0.15, 0.2) is 0 Å². The predicted octanol–water partition coefficient (Wildman–Crippen LogP) is 2.48. The number of imide groups is 1. The maximum absolute atomic E-state index is 13.7. The Hall–Kier alpha value is -2.45. The van der Waals surface area contributed by atoms with E-state index < -0.39 is 58.2 Å². The number of hydrogen-bond acceptors (Lipinski definition) is 3. The Morgan fingerprint density at radius 3 is 1.78 bits per heavy atom. The number of carbonyl (C=O) groups excluding carboxylic acids is 2. The number of amides is 2. The number of carbonyl (C=O) groups is 3. The summed E-state index contributed by atoms with van der Waals surface area (Å²) in [5.74, 6) is -13.0. The third kappa shape index (κ3) is 2.45. The van der Waals surface area contributed by atoms with Crippen LogP contribution in [0.5, 0.6) is 0 Å². The zero-order valence-corrected chi connectivity index (χ0v) is 11.8. The Labute approximate surface area is 127 Å². The van der Waals surface area contributed by atoms with Crippen molar-refractivity contribution in [1.29, 1.82) is 0 Å². The molecule has 5 nitrogen and oxygen atoms in total. The molecule has 1 aromatic rings. The maximum Gasteiger partial charge on any atom is 0.326 e. The van der Waals surface area contributed by atoms with E-state index in [1.807, 2.05) is 0 Å². The Morgan fingerprint density at radius 2 is 1.43 bits per heavy atom. The summed E-state index contributed by atoms with van der Waals surface area (Å²) in [6.45, 7) is 1.73. The summed E-state index contributed by atoms with van der Waals surface area (Å²) in [5.41, 5.74) is -2.57. The summed E-state index contributed by atoms with van der Waals surface area (Å²) >= 11 is 0. The summed E-state index contributed by atoms with van der Waals surface area (Å²) in [5, 5.41) is 9.14. The molecule has 0 spiro atoms. The van der Waals surface area contributed by atoms with E-state index in [-0.39, 0.29) is 11.3 Å². The van der Waals surface area contributed by atoms with E-state index >= 15 is 0 Å². The highest BCUT2D eigenvalue weighted by Gasteiger charge is 2.48. The lowest BCUT2D eigenvalue weighted by Gasteiger charge is -2.22. The van der Waals surface area contributed by atoms with Crippen LogP contribution >= 0.6 is 0 Å². The first-order chi connectivity index (χ1) is 10.7. The minimum atomic E-state index is -2.23. The van der Waals surface area contributed by atoms with E-state index in [1.165, 1.54) is 0 Å². The molecular formula is C14H11F4NO4. The monoisotopic (exact) mass is 333 g/mol. The van der Waals surface area contributed by atoms with Crippen molar-refractivity contribution >= 4 is 17.8 Å². The number of carboxylic acids is 1. The van der Waals surface area contributed by atoms with Crippen LogP contribution in [0.2, 0.25) is 0 Å². The molecule has 0 unspecified atom stereocenters. The third-order valence-corrected chi connectivity index (χ3v) is 3.56. The highest BCUT2D eigenvalue weighted by atomic mass is 19.2. The summed E-state index contributed by atoms with van der Waals surface area (Å²) in [6.07, 6.45) is 0.711. The van der Waals surface area contributed by atoms with Crippen molar-refractivity contribution in [2.75, 3.05) is 0 Å². The lowest BCUT2D eigenvalue weighted by atomic mass is 10.1. The van der Waals surface area contributed by atoms with Crippen molar-refractivity contribution in [3.8, 4) is 0 Å². The van der Waals surface area contributed by atoms with Gasteiger partial charge in [0.2, 0.25) is 0 Å². The van der Waals surface area contributed by atoms with Gasteiger partial charge in [-0.05, 0) is 6.42 Å². The smallest absolute Gasteiger partial charge is 0.326 e. The predicted molar refractivity (Wildman–Crippen MR) is 67.7 cm³/mol. The Balaban J connectivity index is 2.59. The number of benzene rings is 1. The van der Waals surface area contributed by atoms with E-state index in [2.05, 4.69) is 0 Å². The molecule has 2 rings (SSSR count). The largest absolute Gasteiger partial charge is 0.480 e. The average molecular weight is 333 g/mol. The summed E-state index contributed by atoms with van der Waals surface area (Å²) in [4.78, 5) is 35.6. The fourth-order valence-electron chi connectivity index (χ4n) is 2.41. The second kappa shape index (κ2) is 5.98. The van der Waals surface area contributed by atoms with Gasteiger partial charge in [-0.25, -0.2) is 22.4 Å². The number of unbranched alkanes of at least 4 members (excludes halogenated alkanes) is 1. The molecule has 0 saturated heterocycles. The van der Waals surface area contributed by atoms with Crippen molar-refractivity contribution in [2.24, 2.45) is 0 Å². The normalized spacial score (nSPS) is 15.1. The standard InChI is InChI=1S/C14H11F4NO4/c1-2-3-4-5(14(22)23)19-12(20)6-7(13(19)21)9(16)11(18)10(17)8(6)15/h5H,2-4H2,1H3,(H,22,23)/t5-/m0/s1. The van der Waals surface area contributed by atoms with Gasteiger partial charge in [0, 0.05) is 0 Å². The molecule has 1 aromatic carbocycles.